The van der Waals surface area contributed by atoms with Crippen molar-refractivity contribution in [2.75, 3.05) is 4.90 Å². The number of para-hydroxylation sites is 2. The summed E-state index contributed by atoms with van der Waals surface area (Å²) in [6, 6.07) is 57.8. The van der Waals surface area contributed by atoms with E-state index in [4.69, 9.17) is 0 Å². The van der Waals surface area contributed by atoms with Crippen molar-refractivity contribution in [3.63, 3.8) is 0 Å². The van der Waals surface area contributed by atoms with Crippen molar-refractivity contribution in [1.29, 1.82) is 0 Å². The highest BCUT2D eigenvalue weighted by Crippen LogP contribution is 2.80. The van der Waals surface area contributed by atoms with Gasteiger partial charge in [-0.2, -0.15) is 0 Å². The normalized spacial score (nSPS) is 24.7. The molecule has 0 N–H and O–H groups in total. The maximum Gasteiger partial charge on any atom is 0.0540 e. The van der Waals surface area contributed by atoms with E-state index in [1.807, 2.05) is 11.3 Å². The zero-order valence-corrected chi connectivity index (χ0v) is 33.3. The summed E-state index contributed by atoms with van der Waals surface area (Å²) in [4.78, 5) is 2.67. The summed E-state index contributed by atoms with van der Waals surface area (Å²) in [6.07, 6.45) is 5.68. The van der Waals surface area contributed by atoms with Gasteiger partial charge < -0.3 is 4.90 Å². The molecule has 1 nitrogen and oxygen atoms in total. The fourth-order valence-corrected chi connectivity index (χ4v) is 13.8. The molecule has 1 heterocycles. The minimum Gasteiger partial charge on any atom is -0.310 e. The lowest BCUT2D eigenvalue weighted by Crippen LogP contribution is -2.41. The summed E-state index contributed by atoms with van der Waals surface area (Å²) < 4.78 is 2.68. The predicted molar refractivity (Wildman–Crippen MR) is 239 cm³/mol. The Balaban J connectivity index is 1.12. The van der Waals surface area contributed by atoms with Gasteiger partial charge in [0.2, 0.25) is 0 Å². The average Bonchev–Trinajstić information content (AvgIpc) is 3.78. The molecule has 5 saturated carbocycles. The number of nitrogens with zero attached hydrogens (tertiary/aromatic N) is 1. The molecule has 8 aromatic rings. The number of anilines is 3. The van der Waals surface area contributed by atoms with Gasteiger partial charge in [-0.05, 0) is 136 Å². The highest BCUT2D eigenvalue weighted by atomic mass is 32.1. The van der Waals surface area contributed by atoms with E-state index in [0.29, 0.717) is 0 Å². The second kappa shape index (κ2) is 11.9. The van der Waals surface area contributed by atoms with E-state index >= 15 is 0 Å². The van der Waals surface area contributed by atoms with Gasteiger partial charge in [-0.15, -0.1) is 11.3 Å². The molecule has 0 radical (unpaired) electrons. The van der Waals surface area contributed by atoms with Crippen LogP contribution in [0.1, 0.15) is 57.6 Å². The van der Waals surface area contributed by atoms with Crippen LogP contribution in [0.25, 0.3) is 53.2 Å². The van der Waals surface area contributed by atoms with E-state index < -0.39 is 0 Å². The Morgan fingerprint density at radius 1 is 0.589 bits per heavy atom. The Labute approximate surface area is 334 Å². The van der Waals surface area contributed by atoms with E-state index in [1.54, 1.807) is 5.56 Å². The Kier molecular flexibility index (Phi) is 7.02. The molecule has 13 rings (SSSR count). The van der Waals surface area contributed by atoms with Gasteiger partial charge in [-0.25, -0.2) is 0 Å². The van der Waals surface area contributed by atoms with Crippen LogP contribution in [0, 0.1) is 29.6 Å². The first-order valence-corrected chi connectivity index (χ1v) is 21.7. The minimum atomic E-state index is 0.0283. The standard InChI is InChI=1S/C54H47NS/c1-53(2,3)44-21-8-6-17-39(44)41-20-13-25-49-51(41)42-30-36(26-27-48(42)56-49)55(46-23-10-7-18-40(46)38-19-12-15-34-14-4-5-16-37(34)38)47-24-11-9-22-45(47)54-31-33-28-35(32-54)50-43(29-33)52(50)54/h4-27,30,33,35,43,50,52H,28-29,31-32H2,1-3H3. The molecule has 6 unspecified atom stereocenters. The van der Waals surface area contributed by atoms with Gasteiger partial charge in [-0.1, -0.05) is 136 Å². The predicted octanol–water partition coefficient (Wildman–Crippen LogP) is 15.2. The molecular formula is C54H47NS. The number of hydrogen-bond acceptors (Lipinski definition) is 2. The van der Waals surface area contributed by atoms with Crippen LogP contribution in [0.3, 0.4) is 0 Å². The van der Waals surface area contributed by atoms with Crippen molar-refractivity contribution in [3.05, 3.63) is 163 Å². The zero-order chi connectivity index (χ0) is 37.3. The first-order chi connectivity index (χ1) is 27.4. The average molecular weight is 742 g/mol. The molecule has 5 aliphatic carbocycles. The largest absolute Gasteiger partial charge is 0.310 e. The summed E-state index contributed by atoms with van der Waals surface area (Å²) in [5.41, 5.74) is 12.4. The third-order valence-corrected chi connectivity index (χ3v) is 15.7. The first kappa shape index (κ1) is 33.0. The Hall–Kier alpha value is -5.18. The van der Waals surface area contributed by atoms with Gasteiger partial charge in [-0.3, -0.25) is 0 Å². The lowest BCUT2D eigenvalue weighted by molar-refractivity contribution is 0.100. The second-order valence-electron chi connectivity index (χ2n) is 18.6. The number of fused-ring (bicyclic) bond motifs is 4. The maximum absolute atomic E-state index is 2.67. The van der Waals surface area contributed by atoms with Crippen molar-refractivity contribution in [1.82, 2.24) is 0 Å². The van der Waals surface area contributed by atoms with Gasteiger partial charge in [0.05, 0.1) is 5.69 Å². The topological polar surface area (TPSA) is 3.24 Å². The lowest BCUT2D eigenvalue weighted by atomic mass is 9.57. The van der Waals surface area contributed by atoms with Gasteiger partial charge in [0, 0.05) is 42.5 Å². The van der Waals surface area contributed by atoms with Crippen molar-refractivity contribution < 1.29 is 0 Å². The summed E-state index contributed by atoms with van der Waals surface area (Å²) in [5, 5.41) is 5.28. The van der Waals surface area contributed by atoms with Crippen LogP contribution >= 0.6 is 11.3 Å². The van der Waals surface area contributed by atoms with E-state index in [-0.39, 0.29) is 10.8 Å². The second-order valence-corrected chi connectivity index (χ2v) is 19.7. The van der Waals surface area contributed by atoms with Crippen LogP contribution in [-0.2, 0) is 10.8 Å². The molecule has 1 aromatic heterocycles. The van der Waals surface area contributed by atoms with Crippen LogP contribution in [0.2, 0.25) is 0 Å². The maximum atomic E-state index is 2.67. The number of benzene rings is 7. The Bertz CT molecular complexity index is 2870. The van der Waals surface area contributed by atoms with Crippen molar-refractivity contribution in [2.45, 2.75) is 57.3 Å². The Morgan fingerprint density at radius 2 is 1.30 bits per heavy atom. The molecule has 6 atom stereocenters. The molecule has 7 aromatic carbocycles. The molecule has 5 aliphatic rings. The summed E-state index contributed by atoms with van der Waals surface area (Å²) in [7, 11) is 0. The molecule has 0 aliphatic heterocycles. The fourth-order valence-electron chi connectivity index (χ4n) is 12.7. The third kappa shape index (κ3) is 4.72. The van der Waals surface area contributed by atoms with E-state index in [9.17, 15) is 0 Å². The van der Waals surface area contributed by atoms with E-state index in [0.717, 1.165) is 29.6 Å². The van der Waals surface area contributed by atoms with Gasteiger partial charge in [0.15, 0.2) is 0 Å². The molecule has 0 saturated heterocycles. The summed E-state index contributed by atoms with van der Waals surface area (Å²) in [5.74, 6) is 4.58. The van der Waals surface area contributed by atoms with Crippen LogP contribution in [0.4, 0.5) is 17.1 Å². The molecule has 0 spiro atoms. The van der Waals surface area contributed by atoms with Crippen LogP contribution < -0.4 is 4.90 Å². The molecular weight excluding hydrogens is 695 g/mol. The van der Waals surface area contributed by atoms with E-state index in [2.05, 4.69) is 177 Å². The van der Waals surface area contributed by atoms with Gasteiger partial charge in [0.25, 0.3) is 0 Å². The summed E-state index contributed by atoms with van der Waals surface area (Å²) in [6.45, 7) is 7.01. The van der Waals surface area contributed by atoms with Gasteiger partial charge in [0.1, 0.15) is 0 Å². The third-order valence-electron chi connectivity index (χ3n) is 14.6. The van der Waals surface area contributed by atoms with Crippen molar-refractivity contribution in [3.8, 4) is 22.3 Å². The molecule has 2 heteroatoms. The van der Waals surface area contributed by atoms with Gasteiger partial charge >= 0.3 is 0 Å². The number of thiophene rings is 1. The lowest BCUT2D eigenvalue weighted by Gasteiger charge is -2.48. The van der Waals surface area contributed by atoms with Crippen LogP contribution in [-0.4, -0.2) is 0 Å². The fraction of sp³-hybridized carbons (Fsp3) is 0.259. The number of hydrogen-bond donors (Lipinski definition) is 0. The quantitative estimate of drug-likeness (QED) is 0.164. The molecule has 5 fully saturated rings. The molecule has 56 heavy (non-hydrogen) atoms. The smallest absolute Gasteiger partial charge is 0.0540 e. The molecule has 274 valence electrons. The van der Waals surface area contributed by atoms with E-state index in [1.165, 1.54) is 102 Å². The first-order valence-electron chi connectivity index (χ1n) is 20.9. The minimum absolute atomic E-state index is 0.0283. The highest BCUT2D eigenvalue weighted by molar-refractivity contribution is 7.26. The Morgan fingerprint density at radius 3 is 2.18 bits per heavy atom. The zero-order valence-electron chi connectivity index (χ0n) is 32.5. The van der Waals surface area contributed by atoms with Crippen molar-refractivity contribution >= 4 is 59.3 Å². The van der Waals surface area contributed by atoms with Crippen molar-refractivity contribution in [2.24, 2.45) is 29.6 Å². The monoisotopic (exact) mass is 741 g/mol. The number of rotatable bonds is 6. The highest BCUT2D eigenvalue weighted by Gasteiger charge is 2.75. The van der Waals surface area contributed by atoms with Crippen LogP contribution in [0.5, 0.6) is 0 Å². The summed E-state index contributed by atoms with van der Waals surface area (Å²) >= 11 is 1.92. The molecule has 0 amide bonds. The SMILES string of the molecule is CC(C)(C)c1ccccc1-c1cccc2sc3ccc(N(c4ccccc4-c4cccc5ccccc45)c4ccccc4C45CC6CC(C4)C4C(C6)C45)cc3c12. The molecule has 4 bridgehead atoms. The van der Waals surface area contributed by atoms with Crippen LogP contribution in [0.15, 0.2) is 152 Å².